The molecule has 1 N–H and O–H groups in total. The highest BCUT2D eigenvalue weighted by atomic mass is 16.5. The van der Waals surface area contributed by atoms with Crippen molar-refractivity contribution >= 4 is 0 Å². The van der Waals surface area contributed by atoms with Crippen LogP contribution in [0.2, 0.25) is 0 Å². The van der Waals surface area contributed by atoms with Crippen LogP contribution >= 0.6 is 0 Å². The van der Waals surface area contributed by atoms with Gasteiger partial charge in [0.25, 0.3) is 0 Å². The van der Waals surface area contributed by atoms with Gasteiger partial charge in [0.05, 0.1) is 19.3 Å². The lowest BCUT2D eigenvalue weighted by Gasteiger charge is -2.20. The van der Waals surface area contributed by atoms with Crippen LogP contribution in [0.1, 0.15) is 24.7 Å². The number of ether oxygens (including phenoxy) is 1. The first kappa shape index (κ1) is 8.65. The van der Waals surface area contributed by atoms with Gasteiger partial charge in [-0.05, 0) is 0 Å². The molecular weight excluding hydrogens is 170 g/mol. The zero-order chi connectivity index (χ0) is 9.10. The normalized spacial score (nSPS) is 23.3. The van der Waals surface area contributed by atoms with E-state index in [-0.39, 0.29) is 6.04 Å². The molecule has 1 atom stereocenters. The Morgan fingerprint density at radius 1 is 1.62 bits per heavy atom. The Labute approximate surface area is 76.5 Å². The average Bonchev–Trinajstić information content (AvgIpc) is 2.67. The third-order valence-corrected chi connectivity index (χ3v) is 2.02. The van der Waals surface area contributed by atoms with Gasteiger partial charge in [0.1, 0.15) is 0 Å². The molecule has 5 nitrogen and oxygen atoms in total. The Balaban J connectivity index is 2.05. The van der Waals surface area contributed by atoms with Crippen LogP contribution in [0.3, 0.4) is 0 Å². The molecule has 72 valence electrons. The quantitative estimate of drug-likeness (QED) is 0.714. The predicted molar refractivity (Wildman–Crippen MR) is 45.2 cm³/mol. The minimum Gasteiger partial charge on any atom is -0.378 e. The number of nitrogens with zero attached hydrogens (tertiary/aromatic N) is 2. The van der Waals surface area contributed by atoms with E-state index in [1.165, 1.54) is 0 Å². The molecule has 1 aromatic heterocycles. The van der Waals surface area contributed by atoms with Gasteiger partial charge in [-0.3, -0.25) is 0 Å². The molecule has 1 aliphatic heterocycles. The Hall–Kier alpha value is -0.940. The molecule has 0 radical (unpaired) electrons. The van der Waals surface area contributed by atoms with Crippen molar-refractivity contribution in [3.63, 3.8) is 0 Å². The smallest absolute Gasteiger partial charge is 0.226 e. The van der Waals surface area contributed by atoms with Gasteiger partial charge >= 0.3 is 0 Å². The molecule has 0 bridgehead atoms. The van der Waals surface area contributed by atoms with Crippen LogP contribution in [-0.2, 0) is 11.2 Å². The Bertz CT molecular complexity index is 268. The third kappa shape index (κ3) is 1.87. The van der Waals surface area contributed by atoms with Crippen molar-refractivity contribution in [1.82, 2.24) is 15.5 Å². The van der Waals surface area contributed by atoms with Crippen LogP contribution < -0.4 is 5.32 Å². The summed E-state index contributed by atoms with van der Waals surface area (Å²) in [6.07, 6.45) is 0.778. The number of hydrogen-bond acceptors (Lipinski definition) is 5. The monoisotopic (exact) mass is 183 g/mol. The first-order chi connectivity index (χ1) is 6.40. The first-order valence-electron chi connectivity index (χ1n) is 4.53. The summed E-state index contributed by atoms with van der Waals surface area (Å²) in [4.78, 5) is 4.23. The number of nitrogens with one attached hydrogen (secondary N) is 1. The van der Waals surface area contributed by atoms with Crippen molar-refractivity contribution in [3.8, 4) is 0 Å². The van der Waals surface area contributed by atoms with Crippen molar-refractivity contribution < 1.29 is 9.26 Å². The number of morpholine rings is 1. The largest absolute Gasteiger partial charge is 0.378 e. The van der Waals surface area contributed by atoms with E-state index < -0.39 is 0 Å². The molecule has 1 saturated heterocycles. The second-order valence-corrected chi connectivity index (χ2v) is 2.98. The topological polar surface area (TPSA) is 60.2 Å². The molecule has 0 unspecified atom stereocenters. The number of hydrogen-bond donors (Lipinski definition) is 1. The highest BCUT2D eigenvalue weighted by Crippen LogP contribution is 2.12. The van der Waals surface area contributed by atoms with Crippen molar-refractivity contribution in [2.45, 2.75) is 19.4 Å². The molecule has 0 amide bonds. The van der Waals surface area contributed by atoms with Crippen molar-refractivity contribution in [2.24, 2.45) is 0 Å². The Morgan fingerprint density at radius 2 is 2.54 bits per heavy atom. The van der Waals surface area contributed by atoms with E-state index in [4.69, 9.17) is 9.26 Å². The van der Waals surface area contributed by atoms with Crippen molar-refractivity contribution in [3.05, 3.63) is 11.7 Å². The minimum absolute atomic E-state index is 0.0952. The standard InChI is InChI=1S/C8H13N3O2/c1-2-7-10-8(11-13-7)6-5-12-4-3-9-6/h6,9H,2-5H2,1H3/t6-/m0/s1. The molecule has 0 spiro atoms. The van der Waals surface area contributed by atoms with Crippen LogP contribution in [0.5, 0.6) is 0 Å². The summed E-state index contributed by atoms with van der Waals surface area (Å²) in [5.41, 5.74) is 0. The molecule has 0 aliphatic carbocycles. The maximum atomic E-state index is 5.30. The van der Waals surface area contributed by atoms with E-state index in [0.717, 1.165) is 19.6 Å². The maximum Gasteiger partial charge on any atom is 0.226 e. The van der Waals surface area contributed by atoms with E-state index in [9.17, 15) is 0 Å². The summed E-state index contributed by atoms with van der Waals surface area (Å²) >= 11 is 0. The highest BCUT2D eigenvalue weighted by Gasteiger charge is 2.20. The van der Waals surface area contributed by atoms with Crippen molar-refractivity contribution in [2.75, 3.05) is 19.8 Å². The summed E-state index contributed by atoms with van der Waals surface area (Å²) in [6.45, 7) is 4.22. The third-order valence-electron chi connectivity index (χ3n) is 2.02. The van der Waals surface area contributed by atoms with Gasteiger partial charge in [-0.25, -0.2) is 0 Å². The Morgan fingerprint density at radius 3 is 3.15 bits per heavy atom. The van der Waals surface area contributed by atoms with Gasteiger partial charge in [0.15, 0.2) is 5.82 Å². The zero-order valence-corrected chi connectivity index (χ0v) is 7.62. The van der Waals surface area contributed by atoms with Gasteiger partial charge in [0.2, 0.25) is 5.89 Å². The Kier molecular flexibility index (Phi) is 2.56. The van der Waals surface area contributed by atoms with Gasteiger partial charge in [-0.2, -0.15) is 4.98 Å². The first-order valence-corrected chi connectivity index (χ1v) is 4.53. The maximum absolute atomic E-state index is 5.30. The summed E-state index contributed by atoms with van der Waals surface area (Å²) < 4.78 is 10.3. The molecule has 13 heavy (non-hydrogen) atoms. The molecule has 1 fully saturated rings. The van der Waals surface area contributed by atoms with E-state index in [2.05, 4.69) is 15.5 Å². The zero-order valence-electron chi connectivity index (χ0n) is 7.62. The van der Waals surface area contributed by atoms with Crippen LogP contribution in [0.15, 0.2) is 4.52 Å². The van der Waals surface area contributed by atoms with E-state index >= 15 is 0 Å². The van der Waals surface area contributed by atoms with Gasteiger partial charge < -0.3 is 14.6 Å². The van der Waals surface area contributed by atoms with E-state index in [1.54, 1.807) is 0 Å². The minimum atomic E-state index is 0.0952. The molecule has 0 saturated carbocycles. The van der Waals surface area contributed by atoms with E-state index in [1.807, 2.05) is 6.92 Å². The summed E-state index contributed by atoms with van der Waals surface area (Å²) in [5, 5.41) is 7.14. The fraction of sp³-hybridized carbons (Fsp3) is 0.750. The lowest BCUT2D eigenvalue weighted by atomic mass is 10.2. The lowest BCUT2D eigenvalue weighted by molar-refractivity contribution is 0.0734. The molecule has 1 aliphatic rings. The lowest BCUT2D eigenvalue weighted by Crippen LogP contribution is -2.35. The van der Waals surface area contributed by atoms with E-state index in [0.29, 0.717) is 18.3 Å². The summed E-state index contributed by atoms with van der Waals surface area (Å²) in [5.74, 6) is 1.39. The molecule has 0 aromatic carbocycles. The second kappa shape index (κ2) is 3.85. The highest BCUT2D eigenvalue weighted by molar-refractivity contribution is 4.95. The molecule has 5 heteroatoms. The molecule has 2 rings (SSSR count). The number of rotatable bonds is 2. The average molecular weight is 183 g/mol. The SMILES string of the molecule is CCc1nc([C@@H]2COCCN2)no1. The fourth-order valence-electron chi connectivity index (χ4n) is 1.28. The molecular formula is C8H13N3O2. The van der Waals surface area contributed by atoms with Gasteiger partial charge in [0, 0.05) is 13.0 Å². The summed E-state index contributed by atoms with van der Waals surface area (Å²) in [7, 11) is 0. The number of aromatic nitrogens is 2. The van der Waals surface area contributed by atoms with Crippen molar-refractivity contribution in [1.29, 1.82) is 0 Å². The predicted octanol–water partition coefficient (Wildman–Crippen LogP) is 0.293. The van der Waals surface area contributed by atoms with Gasteiger partial charge in [-0.15, -0.1) is 0 Å². The molecule has 2 heterocycles. The number of aryl methyl sites for hydroxylation is 1. The summed E-state index contributed by atoms with van der Waals surface area (Å²) in [6, 6.07) is 0.0952. The fourth-order valence-corrected chi connectivity index (χ4v) is 1.28. The van der Waals surface area contributed by atoms with Crippen LogP contribution in [0.4, 0.5) is 0 Å². The van der Waals surface area contributed by atoms with Crippen LogP contribution in [-0.4, -0.2) is 29.9 Å². The van der Waals surface area contributed by atoms with Gasteiger partial charge in [-0.1, -0.05) is 12.1 Å². The van der Waals surface area contributed by atoms with Crippen LogP contribution in [0.25, 0.3) is 0 Å². The van der Waals surface area contributed by atoms with Crippen LogP contribution in [0, 0.1) is 0 Å². The molecule has 1 aromatic rings. The second-order valence-electron chi connectivity index (χ2n) is 2.98.